The van der Waals surface area contributed by atoms with Crippen LogP contribution in [0.1, 0.15) is 24.0 Å². The molecule has 28 heavy (non-hydrogen) atoms. The fourth-order valence-electron chi connectivity index (χ4n) is 3.53. The summed E-state index contributed by atoms with van der Waals surface area (Å²) in [5.41, 5.74) is 10.9. The molecule has 2 aromatic rings. The number of piperazine rings is 1. The van der Waals surface area contributed by atoms with Gasteiger partial charge in [-0.2, -0.15) is 0 Å². The number of nitrogens with one attached hydrogen (secondary N) is 1. The van der Waals surface area contributed by atoms with Gasteiger partial charge in [-0.3, -0.25) is 9.89 Å². The lowest BCUT2D eigenvalue weighted by Crippen LogP contribution is -2.46. The normalized spacial score (nSPS) is 15.6. The molecule has 0 unspecified atom stereocenters. The molecule has 0 saturated carbocycles. The van der Waals surface area contributed by atoms with E-state index in [0.717, 1.165) is 57.8 Å². The maximum Gasteiger partial charge on any atom is 0.193 e. The number of aliphatic imine (C=N–C) groups is 1. The lowest BCUT2D eigenvalue weighted by Gasteiger charge is -2.36. The molecule has 1 heterocycles. The molecule has 3 N–H and O–H groups in total. The van der Waals surface area contributed by atoms with E-state index >= 15 is 0 Å². The SMILES string of the molecule is Cc1ccc(NC(N)=NCCCCN2CCN(c3cccc(C)c3)CC2)cc1. The first-order chi connectivity index (χ1) is 13.6. The highest BCUT2D eigenvalue weighted by molar-refractivity contribution is 5.92. The summed E-state index contributed by atoms with van der Waals surface area (Å²) in [7, 11) is 0. The van der Waals surface area contributed by atoms with Crippen molar-refractivity contribution in [3.05, 3.63) is 59.7 Å². The molecule has 0 spiro atoms. The number of hydrogen-bond donors (Lipinski definition) is 2. The third-order valence-electron chi connectivity index (χ3n) is 5.23. The van der Waals surface area contributed by atoms with Gasteiger partial charge in [-0.05, 0) is 63.1 Å². The van der Waals surface area contributed by atoms with Crippen LogP contribution in [0.2, 0.25) is 0 Å². The van der Waals surface area contributed by atoms with E-state index in [4.69, 9.17) is 5.73 Å². The number of anilines is 2. The molecule has 1 aliphatic heterocycles. The molecule has 0 radical (unpaired) electrons. The van der Waals surface area contributed by atoms with Crippen molar-refractivity contribution in [2.24, 2.45) is 10.7 Å². The molecule has 1 aliphatic rings. The summed E-state index contributed by atoms with van der Waals surface area (Å²) in [6, 6.07) is 17.0. The Labute approximate surface area is 169 Å². The molecule has 0 amide bonds. The van der Waals surface area contributed by atoms with E-state index in [0.29, 0.717) is 5.96 Å². The van der Waals surface area contributed by atoms with Crippen LogP contribution >= 0.6 is 0 Å². The third kappa shape index (κ3) is 6.27. The minimum atomic E-state index is 0.496. The Bertz CT molecular complexity index is 761. The predicted molar refractivity (Wildman–Crippen MR) is 120 cm³/mol. The molecule has 150 valence electrons. The number of unbranched alkanes of at least 4 members (excludes halogenated alkanes) is 1. The Morgan fingerprint density at radius 3 is 2.43 bits per heavy atom. The average molecular weight is 380 g/mol. The van der Waals surface area contributed by atoms with Crippen molar-refractivity contribution in [3.63, 3.8) is 0 Å². The molecule has 0 aromatic heterocycles. The number of guanidine groups is 1. The Morgan fingerprint density at radius 2 is 1.71 bits per heavy atom. The monoisotopic (exact) mass is 379 g/mol. The molecule has 3 rings (SSSR count). The Kier molecular flexibility index (Phi) is 7.31. The van der Waals surface area contributed by atoms with Crippen molar-refractivity contribution in [1.29, 1.82) is 0 Å². The third-order valence-corrected chi connectivity index (χ3v) is 5.23. The van der Waals surface area contributed by atoms with Crippen molar-refractivity contribution in [2.75, 3.05) is 49.5 Å². The first-order valence-electron chi connectivity index (χ1n) is 10.3. The van der Waals surface area contributed by atoms with Crippen LogP contribution in [0, 0.1) is 13.8 Å². The van der Waals surface area contributed by atoms with E-state index in [-0.39, 0.29) is 0 Å². The number of hydrogen-bond acceptors (Lipinski definition) is 3. The highest BCUT2D eigenvalue weighted by Crippen LogP contribution is 2.18. The van der Waals surface area contributed by atoms with Crippen LogP contribution < -0.4 is 16.0 Å². The molecular weight excluding hydrogens is 346 g/mol. The van der Waals surface area contributed by atoms with Gasteiger partial charge in [0.2, 0.25) is 0 Å². The van der Waals surface area contributed by atoms with Crippen LogP contribution in [0.5, 0.6) is 0 Å². The largest absolute Gasteiger partial charge is 0.370 e. The van der Waals surface area contributed by atoms with E-state index in [2.05, 4.69) is 70.4 Å². The second-order valence-electron chi connectivity index (χ2n) is 7.63. The number of aryl methyl sites for hydroxylation is 2. The van der Waals surface area contributed by atoms with Crippen molar-refractivity contribution in [2.45, 2.75) is 26.7 Å². The van der Waals surface area contributed by atoms with Gasteiger partial charge in [0.25, 0.3) is 0 Å². The molecule has 0 atom stereocenters. The van der Waals surface area contributed by atoms with Crippen LogP contribution in [0.15, 0.2) is 53.5 Å². The molecular formula is C23H33N5. The van der Waals surface area contributed by atoms with Crippen molar-refractivity contribution in [3.8, 4) is 0 Å². The fourth-order valence-corrected chi connectivity index (χ4v) is 3.53. The molecule has 0 aliphatic carbocycles. The van der Waals surface area contributed by atoms with Gasteiger partial charge in [-0.1, -0.05) is 29.8 Å². The Hall–Kier alpha value is -2.53. The van der Waals surface area contributed by atoms with E-state index < -0.39 is 0 Å². The fraction of sp³-hybridized carbons (Fsp3) is 0.435. The van der Waals surface area contributed by atoms with Crippen molar-refractivity contribution >= 4 is 17.3 Å². The summed E-state index contributed by atoms with van der Waals surface area (Å²) in [5, 5.41) is 3.15. The van der Waals surface area contributed by atoms with Crippen LogP contribution in [0.3, 0.4) is 0 Å². The van der Waals surface area contributed by atoms with Gasteiger partial charge in [0.05, 0.1) is 0 Å². The Morgan fingerprint density at radius 1 is 0.964 bits per heavy atom. The van der Waals surface area contributed by atoms with E-state index in [1.54, 1.807) is 0 Å². The summed E-state index contributed by atoms with van der Waals surface area (Å²) >= 11 is 0. The van der Waals surface area contributed by atoms with Crippen LogP contribution in [0.4, 0.5) is 11.4 Å². The first kappa shape index (κ1) is 20.2. The molecule has 5 nitrogen and oxygen atoms in total. The van der Waals surface area contributed by atoms with Gasteiger partial charge >= 0.3 is 0 Å². The van der Waals surface area contributed by atoms with E-state index in [1.807, 2.05) is 12.1 Å². The molecule has 1 saturated heterocycles. The quantitative estimate of drug-likeness (QED) is 0.438. The highest BCUT2D eigenvalue weighted by atomic mass is 15.3. The maximum absolute atomic E-state index is 5.97. The van der Waals surface area contributed by atoms with E-state index in [1.165, 1.54) is 16.8 Å². The van der Waals surface area contributed by atoms with Crippen LogP contribution in [-0.2, 0) is 0 Å². The lowest BCUT2D eigenvalue weighted by atomic mass is 10.2. The van der Waals surface area contributed by atoms with Crippen LogP contribution in [0.25, 0.3) is 0 Å². The van der Waals surface area contributed by atoms with Gasteiger partial charge in [-0.25, -0.2) is 0 Å². The zero-order valence-electron chi connectivity index (χ0n) is 17.2. The van der Waals surface area contributed by atoms with Gasteiger partial charge in [0.15, 0.2) is 5.96 Å². The summed E-state index contributed by atoms with van der Waals surface area (Å²) in [5.74, 6) is 0.496. The minimum absolute atomic E-state index is 0.496. The molecule has 0 bridgehead atoms. The molecule has 5 heteroatoms. The van der Waals surface area contributed by atoms with Gasteiger partial charge in [-0.15, -0.1) is 0 Å². The zero-order valence-corrected chi connectivity index (χ0v) is 17.2. The van der Waals surface area contributed by atoms with E-state index in [9.17, 15) is 0 Å². The summed E-state index contributed by atoms with van der Waals surface area (Å²) in [6.45, 7) is 10.6. The standard InChI is InChI=1S/C23H33N5/c1-19-8-10-21(11-9-19)26-23(24)25-12-3-4-13-27-14-16-28(17-15-27)22-7-5-6-20(2)18-22/h5-11,18H,3-4,12-17H2,1-2H3,(H3,24,25,26). The van der Waals surface area contributed by atoms with Crippen molar-refractivity contribution < 1.29 is 0 Å². The topological polar surface area (TPSA) is 56.9 Å². The number of nitrogens with two attached hydrogens (primary N) is 1. The number of rotatable bonds is 7. The van der Waals surface area contributed by atoms with Crippen molar-refractivity contribution in [1.82, 2.24) is 4.90 Å². The average Bonchev–Trinajstić information content (AvgIpc) is 2.70. The zero-order chi connectivity index (χ0) is 19.8. The second-order valence-corrected chi connectivity index (χ2v) is 7.63. The Balaban J connectivity index is 1.31. The van der Waals surface area contributed by atoms with Gasteiger partial charge in [0.1, 0.15) is 0 Å². The maximum atomic E-state index is 5.97. The minimum Gasteiger partial charge on any atom is -0.370 e. The van der Waals surface area contributed by atoms with Gasteiger partial charge < -0.3 is 16.0 Å². The smallest absolute Gasteiger partial charge is 0.193 e. The molecule has 1 fully saturated rings. The first-order valence-corrected chi connectivity index (χ1v) is 10.3. The second kappa shape index (κ2) is 10.1. The van der Waals surface area contributed by atoms with Gasteiger partial charge in [0, 0.05) is 44.1 Å². The number of nitrogens with zero attached hydrogens (tertiary/aromatic N) is 3. The summed E-state index contributed by atoms with van der Waals surface area (Å²) in [4.78, 5) is 9.49. The predicted octanol–water partition coefficient (Wildman–Crippen LogP) is 3.63. The summed E-state index contributed by atoms with van der Waals surface area (Å²) in [6.07, 6.45) is 2.22. The molecule has 2 aromatic carbocycles. The highest BCUT2D eigenvalue weighted by Gasteiger charge is 2.16. The summed E-state index contributed by atoms with van der Waals surface area (Å²) < 4.78 is 0. The lowest BCUT2D eigenvalue weighted by molar-refractivity contribution is 0.253. The number of benzene rings is 2. The van der Waals surface area contributed by atoms with Crippen LogP contribution in [-0.4, -0.2) is 50.1 Å².